The fourth-order valence-electron chi connectivity index (χ4n) is 1.40. The fraction of sp³-hybridized carbons (Fsp3) is 0.385. The Balaban J connectivity index is 2.73. The second-order valence-electron chi connectivity index (χ2n) is 3.93. The second-order valence-corrected chi connectivity index (χ2v) is 4.78. The number of aryl methyl sites for hydroxylation is 1. The molecule has 0 aliphatic rings. The predicted octanol–water partition coefficient (Wildman–Crippen LogP) is 2.44. The van der Waals surface area contributed by atoms with Gasteiger partial charge in [0.25, 0.3) is 5.91 Å². The lowest BCUT2D eigenvalue weighted by Gasteiger charge is -2.13. The molecule has 1 aromatic rings. The number of nitrogens with one attached hydrogen (secondary N) is 1. The summed E-state index contributed by atoms with van der Waals surface area (Å²) in [5, 5.41) is 2.60. The van der Waals surface area contributed by atoms with Gasteiger partial charge in [0.2, 0.25) is 0 Å². The summed E-state index contributed by atoms with van der Waals surface area (Å²) in [4.78, 5) is 23.3. The third-order valence-electron chi connectivity index (χ3n) is 2.36. The number of hydrogen-bond donors (Lipinski definition) is 1. The van der Waals surface area contributed by atoms with E-state index in [1.54, 1.807) is 19.9 Å². The fourth-order valence-corrected chi connectivity index (χ4v) is 2.08. The van der Waals surface area contributed by atoms with Gasteiger partial charge in [0, 0.05) is 4.47 Å². The van der Waals surface area contributed by atoms with Gasteiger partial charge >= 0.3 is 5.97 Å². The van der Waals surface area contributed by atoms with Gasteiger partial charge in [0.05, 0.1) is 12.2 Å². The third kappa shape index (κ3) is 3.84. The lowest BCUT2D eigenvalue weighted by Crippen LogP contribution is -2.39. The van der Waals surface area contributed by atoms with Crippen molar-refractivity contribution in [1.82, 2.24) is 5.32 Å². The van der Waals surface area contributed by atoms with Gasteiger partial charge in [-0.25, -0.2) is 4.79 Å². The molecule has 1 amide bonds. The maximum Gasteiger partial charge on any atom is 0.328 e. The zero-order chi connectivity index (χ0) is 13.7. The number of ether oxygens (including phenoxy) is 1. The minimum atomic E-state index is -0.661. The van der Waals surface area contributed by atoms with Crippen LogP contribution in [0.4, 0.5) is 0 Å². The van der Waals surface area contributed by atoms with Crippen molar-refractivity contribution in [1.29, 1.82) is 0 Å². The lowest BCUT2D eigenvalue weighted by molar-refractivity contribution is -0.144. The molecule has 0 fully saturated rings. The van der Waals surface area contributed by atoms with Crippen LogP contribution in [0, 0.1) is 6.92 Å². The highest BCUT2D eigenvalue weighted by Crippen LogP contribution is 2.18. The number of benzene rings is 1. The van der Waals surface area contributed by atoms with Crippen LogP contribution in [-0.4, -0.2) is 24.5 Å². The number of amides is 1. The molecule has 1 atom stereocenters. The summed E-state index contributed by atoms with van der Waals surface area (Å²) >= 11 is 3.33. The molecule has 0 heterocycles. The molecule has 0 radical (unpaired) electrons. The van der Waals surface area contributed by atoms with Crippen molar-refractivity contribution in [2.45, 2.75) is 26.8 Å². The van der Waals surface area contributed by atoms with Crippen LogP contribution in [0.2, 0.25) is 0 Å². The minimum Gasteiger partial charge on any atom is -0.464 e. The van der Waals surface area contributed by atoms with Gasteiger partial charge in [-0.2, -0.15) is 0 Å². The van der Waals surface area contributed by atoms with E-state index in [1.807, 2.05) is 19.1 Å². The highest BCUT2D eigenvalue weighted by molar-refractivity contribution is 9.10. The smallest absolute Gasteiger partial charge is 0.328 e. The number of rotatable bonds is 4. The number of carbonyl (C=O) groups is 2. The van der Waals surface area contributed by atoms with Crippen molar-refractivity contribution >= 4 is 27.8 Å². The SMILES string of the molecule is CCOC(=O)C(C)NC(=O)c1ccc(C)cc1Br. The molecule has 1 aromatic carbocycles. The first-order valence-electron chi connectivity index (χ1n) is 5.69. The Bertz CT molecular complexity index is 460. The number of hydrogen-bond acceptors (Lipinski definition) is 3. The summed E-state index contributed by atoms with van der Waals surface area (Å²) in [6.07, 6.45) is 0. The third-order valence-corrected chi connectivity index (χ3v) is 3.01. The molecule has 5 heteroatoms. The van der Waals surface area contributed by atoms with Gasteiger partial charge in [0.1, 0.15) is 6.04 Å². The van der Waals surface area contributed by atoms with Crippen LogP contribution in [-0.2, 0) is 9.53 Å². The van der Waals surface area contributed by atoms with E-state index in [1.165, 1.54) is 0 Å². The van der Waals surface area contributed by atoms with Crippen LogP contribution in [0.3, 0.4) is 0 Å². The molecule has 0 saturated heterocycles. The van der Waals surface area contributed by atoms with E-state index in [4.69, 9.17) is 4.74 Å². The molecule has 4 nitrogen and oxygen atoms in total. The Kier molecular flexibility index (Phi) is 5.34. The molecule has 1 N–H and O–H groups in total. The van der Waals surface area contributed by atoms with Crippen molar-refractivity contribution < 1.29 is 14.3 Å². The monoisotopic (exact) mass is 313 g/mol. The zero-order valence-electron chi connectivity index (χ0n) is 10.6. The number of esters is 1. The second kappa shape index (κ2) is 6.54. The molecule has 18 heavy (non-hydrogen) atoms. The first-order valence-corrected chi connectivity index (χ1v) is 6.48. The van der Waals surface area contributed by atoms with Crippen molar-refractivity contribution in [3.8, 4) is 0 Å². The van der Waals surface area contributed by atoms with Gasteiger partial charge < -0.3 is 10.1 Å². The normalized spacial score (nSPS) is 11.8. The molecule has 1 rings (SSSR count). The summed E-state index contributed by atoms with van der Waals surface area (Å²) in [6.45, 7) is 5.56. The molecule has 0 bridgehead atoms. The van der Waals surface area contributed by atoms with Crippen LogP contribution in [0.5, 0.6) is 0 Å². The van der Waals surface area contributed by atoms with E-state index in [0.29, 0.717) is 16.6 Å². The largest absolute Gasteiger partial charge is 0.464 e. The van der Waals surface area contributed by atoms with Crippen molar-refractivity contribution in [3.63, 3.8) is 0 Å². The Morgan fingerprint density at radius 1 is 1.44 bits per heavy atom. The first-order chi connectivity index (χ1) is 8.45. The van der Waals surface area contributed by atoms with Gasteiger partial charge in [-0.1, -0.05) is 6.07 Å². The van der Waals surface area contributed by atoms with Crippen LogP contribution >= 0.6 is 15.9 Å². The van der Waals surface area contributed by atoms with E-state index in [0.717, 1.165) is 5.56 Å². The van der Waals surface area contributed by atoms with Crippen LogP contribution in [0.1, 0.15) is 29.8 Å². The molecule has 0 saturated carbocycles. The van der Waals surface area contributed by atoms with E-state index >= 15 is 0 Å². The molecule has 98 valence electrons. The predicted molar refractivity (Wildman–Crippen MR) is 72.4 cm³/mol. The van der Waals surface area contributed by atoms with Crippen LogP contribution in [0.15, 0.2) is 22.7 Å². The first kappa shape index (κ1) is 14.7. The van der Waals surface area contributed by atoms with E-state index in [-0.39, 0.29) is 5.91 Å². The Morgan fingerprint density at radius 3 is 2.67 bits per heavy atom. The van der Waals surface area contributed by atoms with Gasteiger partial charge in [-0.15, -0.1) is 0 Å². The van der Waals surface area contributed by atoms with Crippen molar-refractivity contribution in [2.24, 2.45) is 0 Å². The van der Waals surface area contributed by atoms with Crippen LogP contribution < -0.4 is 5.32 Å². The standard InChI is InChI=1S/C13H16BrNO3/c1-4-18-13(17)9(3)15-12(16)10-6-5-8(2)7-11(10)14/h5-7,9H,4H2,1-3H3,(H,15,16). The molecule has 0 spiro atoms. The molecular formula is C13H16BrNO3. The van der Waals surface area contributed by atoms with Crippen molar-refractivity contribution in [2.75, 3.05) is 6.61 Å². The Morgan fingerprint density at radius 2 is 2.11 bits per heavy atom. The summed E-state index contributed by atoms with van der Waals surface area (Å²) in [5.41, 5.74) is 1.55. The molecular weight excluding hydrogens is 298 g/mol. The Labute approximate surface area is 115 Å². The highest BCUT2D eigenvalue weighted by Gasteiger charge is 2.18. The molecule has 0 aromatic heterocycles. The van der Waals surface area contributed by atoms with Crippen LogP contribution in [0.25, 0.3) is 0 Å². The molecule has 0 aliphatic heterocycles. The number of carbonyl (C=O) groups excluding carboxylic acids is 2. The van der Waals surface area contributed by atoms with Gasteiger partial charge in [-0.05, 0) is 54.4 Å². The number of halogens is 1. The molecule has 1 unspecified atom stereocenters. The molecule has 0 aliphatic carbocycles. The van der Waals surface area contributed by atoms with E-state index in [2.05, 4.69) is 21.2 Å². The minimum absolute atomic E-state index is 0.299. The Hall–Kier alpha value is -1.36. The maximum atomic E-state index is 11.9. The quantitative estimate of drug-likeness (QED) is 0.869. The average molecular weight is 314 g/mol. The summed E-state index contributed by atoms with van der Waals surface area (Å²) in [7, 11) is 0. The topological polar surface area (TPSA) is 55.4 Å². The zero-order valence-corrected chi connectivity index (χ0v) is 12.2. The van der Waals surface area contributed by atoms with E-state index in [9.17, 15) is 9.59 Å². The van der Waals surface area contributed by atoms with Crippen molar-refractivity contribution in [3.05, 3.63) is 33.8 Å². The van der Waals surface area contributed by atoms with Gasteiger partial charge in [-0.3, -0.25) is 4.79 Å². The maximum absolute atomic E-state index is 11.9. The average Bonchev–Trinajstić information content (AvgIpc) is 2.28. The highest BCUT2D eigenvalue weighted by atomic mass is 79.9. The summed E-state index contributed by atoms with van der Waals surface area (Å²) in [5.74, 6) is -0.739. The summed E-state index contributed by atoms with van der Waals surface area (Å²) in [6, 6.07) is 4.75. The lowest BCUT2D eigenvalue weighted by atomic mass is 10.1. The van der Waals surface area contributed by atoms with E-state index < -0.39 is 12.0 Å². The summed E-state index contributed by atoms with van der Waals surface area (Å²) < 4.78 is 5.53. The van der Waals surface area contributed by atoms with Gasteiger partial charge in [0.15, 0.2) is 0 Å².